The Morgan fingerprint density at radius 3 is 2.83 bits per heavy atom. The predicted molar refractivity (Wildman–Crippen MR) is 112 cm³/mol. The first kappa shape index (κ1) is 19.9. The normalized spacial score (nSPS) is 20.4. The zero-order valence-corrected chi connectivity index (χ0v) is 17.0. The number of hydrogen-bond donors (Lipinski definition) is 0. The van der Waals surface area contributed by atoms with Crippen LogP contribution in [0, 0.1) is 0 Å². The van der Waals surface area contributed by atoms with Crippen LogP contribution in [0.25, 0.3) is 11.3 Å². The van der Waals surface area contributed by atoms with E-state index < -0.39 is 0 Å². The van der Waals surface area contributed by atoms with Crippen LogP contribution >= 0.6 is 0 Å². The van der Waals surface area contributed by atoms with E-state index in [1.54, 1.807) is 7.11 Å². The number of amides is 1. The predicted octanol–water partition coefficient (Wildman–Crippen LogP) is 2.80. The standard InChI is InChI=1S/C23H29N3O3/c1-28-20-7-2-5-18(15-20)21-8-3-9-22(24-21)19-6-4-10-25(16-19)17-23(27)26-11-13-29-14-12-26/h2-3,5,7-9,15,19H,4,6,10-14,16-17H2,1H3/t19-/m1/s1. The summed E-state index contributed by atoms with van der Waals surface area (Å²) in [5.74, 6) is 1.40. The molecule has 1 atom stereocenters. The molecule has 154 valence electrons. The van der Waals surface area contributed by atoms with Gasteiger partial charge in [-0.1, -0.05) is 18.2 Å². The summed E-state index contributed by atoms with van der Waals surface area (Å²) in [4.78, 5) is 21.8. The van der Waals surface area contributed by atoms with Crippen LogP contribution in [0.1, 0.15) is 24.5 Å². The van der Waals surface area contributed by atoms with Crippen molar-refractivity contribution in [2.45, 2.75) is 18.8 Å². The summed E-state index contributed by atoms with van der Waals surface area (Å²) >= 11 is 0. The van der Waals surface area contributed by atoms with Crippen LogP contribution < -0.4 is 4.74 Å². The van der Waals surface area contributed by atoms with E-state index >= 15 is 0 Å². The van der Waals surface area contributed by atoms with Crippen molar-refractivity contribution in [2.24, 2.45) is 0 Å². The Kier molecular flexibility index (Phi) is 6.42. The maximum absolute atomic E-state index is 12.6. The SMILES string of the molecule is COc1cccc(-c2cccc([C@@H]3CCCN(CC(=O)N4CCOCC4)C3)n2)c1. The minimum absolute atomic E-state index is 0.215. The lowest BCUT2D eigenvalue weighted by atomic mass is 9.93. The number of rotatable bonds is 5. The molecular formula is C23H29N3O3. The van der Waals surface area contributed by atoms with Crippen LogP contribution in [0.15, 0.2) is 42.5 Å². The molecule has 2 aromatic rings. The van der Waals surface area contributed by atoms with E-state index in [2.05, 4.69) is 23.1 Å². The molecule has 0 spiro atoms. The van der Waals surface area contributed by atoms with Gasteiger partial charge in [0.05, 0.1) is 32.6 Å². The van der Waals surface area contributed by atoms with Gasteiger partial charge in [0.15, 0.2) is 0 Å². The molecule has 1 aromatic carbocycles. The van der Waals surface area contributed by atoms with Crippen LogP contribution in [0.4, 0.5) is 0 Å². The van der Waals surface area contributed by atoms with Crippen molar-refractivity contribution in [3.05, 3.63) is 48.2 Å². The number of methoxy groups -OCH3 is 1. The molecule has 0 unspecified atom stereocenters. The van der Waals surface area contributed by atoms with Gasteiger partial charge in [0.25, 0.3) is 0 Å². The van der Waals surface area contributed by atoms with E-state index in [4.69, 9.17) is 14.5 Å². The molecule has 0 radical (unpaired) electrons. The molecule has 2 aliphatic heterocycles. The van der Waals surface area contributed by atoms with Crippen molar-refractivity contribution in [2.75, 3.05) is 53.0 Å². The molecule has 0 N–H and O–H groups in total. The first-order chi connectivity index (χ1) is 14.2. The minimum Gasteiger partial charge on any atom is -0.497 e. The highest BCUT2D eigenvalue weighted by Crippen LogP contribution is 2.28. The summed E-state index contributed by atoms with van der Waals surface area (Å²) in [6, 6.07) is 14.2. The molecule has 2 aliphatic rings. The highest BCUT2D eigenvalue weighted by molar-refractivity contribution is 5.78. The monoisotopic (exact) mass is 395 g/mol. The molecule has 2 saturated heterocycles. The third-order valence-corrected chi connectivity index (χ3v) is 5.78. The fourth-order valence-electron chi connectivity index (χ4n) is 4.17. The van der Waals surface area contributed by atoms with Gasteiger partial charge < -0.3 is 14.4 Å². The van der Waals surface area contributed by atoms with E-state index in [1.165, 1.54) is 0 Å². The van der Waals surface area contributed by atoms with Crippen molar-refractivity contribution in [1.29, 1.82) is 0 Å². The Morgan fingerprint density at radius 1 is 1.17 bits per heavy atom. The van der Waals surface area contributed by atoms with E-state index in [0.29, 0.717) is 38.8 Å². The van der Waals surface area contributed by atoms with Crippen LogP contribution in [-0.2, 0) is 9.53 Å². The van der Waals surface area contributed by atoms with Crippen molar-refractivity contribution in [1.82, 2.24) is 14.8 Å². The topological polar surface area (TPSA) is 54.9 Å². The van der Waals surface area contributed by atoms with Crippen molar-refractivity contribution in [3.63, 3.8) is 0 Å². The van der Waals surface area contributed by atoms with Crippen molar-refractivity contribution < 1.29 is 14.3 Å². The van der Waals surface area contributed by atoms with Crippen LogP contribution in [-0.4, -0.2) is 73.7 Å². The van der Waals surface area contributed by atoms with Crippen LogP contribution in [0.2, 0.25) is 0 Å². The van der Waals surface area contributed by atoms with E-state index in [1.807, 2.05) is 29.2 Å². The minimum atomic E-state index is 0.215. The number of likely N-dealkylation sites (tertiary alicyclic amines) is 1. The van der Waals surface area contributed by atoms with Crippen LogP contribution in [0.5, 0.6) is 5.75 Å². The van der Waals surface area contributed by atoms with Gasteiger partial charge in [-0.2, -0.15) is 0 Å². The molecule has 29 heavy (non-hydrogen) atoms. The van der Waals surface area contributed by atoms with Gasteiger partial charge in [-0.3, -0.25) is 14.7 Å². The summed E-state index contributed by atoms with van der Waals surface area (Å²) in [5, 5.41) is 0. The number of ether oxygens (including phenoxy) is 2. The maximum Gasteiger partial charge on any atom is 0.236 e. The molecule has 0 bridgehead atoms. The lowest BCUT2D eigenvalue weighted by Gasteiger charge is -2.34. The second kappa shape index (κ2) is 9.37. The largest absolute Gasteiger partial charge is 0.497 e. The van der Waals surface area contributed by atoms with Gasteiger partial charge in [-0.05, 0) is 43.7 Å². The Bertz CT molecular complexity index is 836. The zero-order valence-electron chi connectivity index (χ0n) is 17.0. The van der Waals surface area contributed by atoms with Crippen molar-refractivity contribution in [3.8, 4) is 17.0 Å². The summed E-state index contributed by atoms with van der Waals surface area (Å²) in [6.07, 6.45) is 2.20. The van der Waals surface area contributed by atoms with E-state index in [9.17, 15) is 4.79 Å². The molecule has 0 aliphatic carbocycles. The van der Waals surface area contributed by atoms with Gasteiger partial charge in [0, 0.05) is 36.8 Å². The Morgan fingerprint density at radius 2 is 2.00 bits per heavy atom. The Hall–Kier alpha value is -2.44. The molecule has 6 nitrogen and oxygen atoms in total. The van der Waals surface area contributed by atoms with E-state index in [0.717, 1.165) is 48.6 Å². The van der Waals surface area contributed by atoms with Crippen molar-refractivity contribution >= 4 is 5.91 Å². The second-order valence-electron chi connectivity index (χ2n) is 7.75. The Balaban J connectivity index is 1.43. The maximum atomic E-state index is 12.6. The molecule has 0 saturated carbocycles. The number of hydrogen-bond acceptors (Lipinski definition) is 5. The van der Waals surface area contributed by atoms with Gasteiger partial charge in [0.2, 0.25) is 5.91 Å². The second-order valence-corrected chi connectivity index (χ2v) is 7.75. The molecule has 1 amide bonds. The van der Waals surface area contributed by atoms with Crippen LogP contribution in [0.3, 0.4) is 0 Å². The third kappa shape index (κ3) is 4.95. The summed E-state index contributed by atoms with van der Waals surface area (Å²) < 4.78 is 10.7. The first-order valence-corrected chi connectivity index (χ1v) is 10.4. The van der Waals surface area contributed by atoms with Gasteiger partial charge in [-0.15, -0.1) is 0 Å². The third-order valence-electron chi connectivity index (χ3n) is 5.78. The summed E-state index contributed by atoms with van der Waals surface area (Å²) in [5.41, 5.74) is 3.12. The number of pyridine rings is 1. The molecule has 1 aromatic heterocycles. The number of carbonyl (C=O) groups is 1. The van der Waals surface area contributed by atoms with E-state index in [-0.39, 0.29) is 5.91 Å². The number of piperidine rings is 1. The Labute approximate surface area is 172 Å². The number of carbonyl (C=O) groups excluding carboxylic acids is 1. The number of benzene rings is 1. The smallest absolute Gasteiger partial charge is 0.236 e. The van der Waals surface area contributed by atoms with Gasteiger partial charge in [0.1, 0.15) is 5.75 Å². The van der Waals surface area contributed by atoms with Gasteiger partial charge >= 0.3 is 0 Å². The average molecular weight is 396 g/mol. The number of aromatic nitrogens is 1. The lowest BCUT2D eigenvalue weighted by molar-refractivity contribution is -0.136. The molecule has 2 fully saturated rings. The highest BCUT2D eigenvalue weighted by atomic mass is 16.5. The highest BCUT2D eigenvalue weighted by Gasteiger charge is 2.26. The molecular weight excluding hydrogens is 366 g/mol. The average Bonchev–Trinajstić information content (AvgIpc) is 2.80. The molecule has 4 rings (SSSR count). The van der Waals surface area contributed by atoms with Gasteiger partial charge in [-0.25, -0.2) is 0 Å². The fraction of sp³-hybridized carbons (Fsp3) is 0.478. The first-order valence-electron chi connectivity index (χ1n) is 10.4. The quantitative estimate of drug-likeness (QED) is 0.779. The number of morpholine rings is 1. The molecule has 6 heteroatoms. The number of nitrogens with zero attached hydrogens (tertiary/aromatic N) is 3. The summed E-state index contributed by atoms with van der Waals surface area (Å²) in [7, 11) is 1.68. The summed E-state index contributed by atoms with van der Waals surface area (Å²) in [6.45, 7) is 5.06. The zero-order chi connectivity index (χ0) is 20.1. The molecule has 3 heterocycles. The lowest BCUT2D eigenvalue weighted by Crippen LogP contribution is -2.47. The fourth-order valence-corrected chi connectivity index (χ4v) is 4.17.